The van der Waals surface area contributed by atoms with E-state index in [9.17, 15) is 4.79 Å². The van der Waals surface area contributed by atoms with E-state index < -0.39 is 0 Å². The van der Waals surface area contributed by atoms with E-state index in [2.05, 4.69) is 46.3 Å². The van der Waals surface area contributed by atoms with Gasteiger partial charge in [0.25, 0.3) is 0 Å². The van der Waals surface area contributed by atoms with Crippen molar-refractivity contribution in [2.24, 2.45) is 4.99 Å². The van der Waals surface area contributed by atoms with Crippen molar-refractivity contribution in [3.8, 4) is 0 Å². The van der Waals surface area contributed by atoms with Gasteiger partial charge in [0.05, 0.1) is 6.54 Å². The number of guanidine groups is 1. The molecule has 2 fully saturated rings. The second-order valence-corrected chi connectivity index (χ2v) is 8.12. The lowest BCUT2D eigenvalue weighted by molar-refractivity contribution is -0.130. The van der Waals surface area contributed by atoms with E-state index in [4.69, 9.17) is 4.99 Å². The number of carbonyl (C=O) groups excluding carboxylic acids is 1. The van der Waals surface area contributed by atoms with Gasteiger partial charge in [-0.3, -0.25) is 9.69 Å². The monoisotopic (exact) mass is 399 g/mol. The quantitative estimate of drug-likeness (QED) is 0.611. The van der Waals surface area contributed by atoms with Crippen LogP contribution in [-0.2, 0) is 17.9 Å². The molecular formula is C23H37N5O. The van der Waals surface area contributed by atoms with E-state index >= 15 is 0 Å². The average molecular weight is 400 g/mol. The standard InChI is InChI=1S/C23H37N5O/c1-3-24-23(28-16-14-27(15-17-28)20(2)29)25-18-21-10-6-7-11-22(21)19-26-12-8-4-5-9-13-26/h6-7,10-11H,3-5,8-9,12-19H2,1-2H3,(H,24,25). The van der Waals surface area contributed by atoms with Gasteiger partial charge in [0.1, 0.15) is 0 Å². The Bertz CT molecular complexity index is 674. The number of likely N-dealkylation sites (tertiary alicyclic amines) is 1. The topological polar surface area (TPSA) is 51.2 Å². The zero-order chi connectivity index (χ0) is 20.5. The Morgan fingerprint density at radius 1 is 0.931 bits per heavy atom. The first-order valence-corrected chi connectivity index (χ1v) is 11.2. The van der Waals surface area contributed by atoms with Crippen LogP contribution in [0.25, 0.3) is 0 Å². The first kappa shape index (κ1) is 21.6. The maximum absolute atomic E-state index is 11.6. The Hall–Kier alpha value is -2.08. The van der Waals surface area contributed by atoms with Crippen molar-refractivity contribution in [3.05, 3.63) is 35.4 Å². The average Bonchev–Trinajstić information content (AvgIpc) is 3.01. The van der Waals surface area contributed by atoms with E-state index in [1.165, 1.54) is 49.9 Å². The maximum atomic E-state index is 11.6. The Balaban J connectivity index is 1.65. The summed E-state index contributed by atoms with van der Waals surface area (Å²) in [5.74, 6) is 1.12. The molecule has 1 aromatic rings. The number of carbonyl (C=O) groups is 1. The van der Waals surface area contributed by atoms with Crippen LogP contribution in [0, 0.1) is 0 Å². The van der Waals surface area contributed by atoms with Crippen molar-refractivity contribution in [3.63, 3.8) is 0 Å². The summed E-state index contributed by atoms with van der Waals surface area (Å²) in [6, 6.07) is 8.74. The van der Waals surface area contributed by atoms with E-state index in [1.54, 1.807) is 6.92 Å². The van der Waals surface area contributed by atoms with Crippen LogP contribution in [0.3, 0.4) is 0 Å². The van der Waals surface area contributed by atoms with E-state index in [-0.39, 0.29) is 5.91 Å². The number of nitrogens with zero attached hydrogens (tertiary/aromatic N) is 4. The molecule has 1 amide bonds. The molecule has 0 atom stereocenters. The minimum atomic E-state index is 0.161. The zero-order valence-electron chi connectivity index (χ0n) is 18.2. The predicted octanol–water partition coefficient (Wildman–Crippen LogP) is 2.69. The molecule has 2 saturated heterocycles. The number of amides is 1. The van der Waals surface area contributed by atoms with Gasteiger partial charge < -0.3 is 15.1 Å². The normalized spacial score (nSPS) is 19.2. The summed E-state index contributed by atoms with van der Waals surface area (Å²) >= 11 is 0. The minimum Gasteiger partial charge on any atom is -0.357 e. The van der Waals surface area contributed by atoms with Crippen LogP contribution >= 0.6 is 0 Å². The number of hydrogen-bond acceptors (Lipinski definition) is 3. The van der Waals surface area contributed by atoms with Crippen LogP contribution in [0.15, 0.2) is 29.3 Å². The number of hydrogen-bond donors (Lipinski definition) is 1. The van der Waals surface area contributed by atoms with Crippen LogP contribution in [-0.4, -0.2) is 72.4 Å². The molecule has 160 valence electrons. The summed E-state index contributed by atoms with van der Waals surface area (Å²) in [6.45, 7) is 11.9. The van der Waals surface area contributed by atoms with Crippen LogP contribution in [0.5, 0.6) is 0 Å². The van der Waals surface area contributed by atoms with Gasteiger partial charge in [-0.2, -0.15) is 0 Å². The van der Waals surface area contributed by atoms with E-state index in [0.29, 0.717) is 6.54 Å². The molecule has 2 aliphatic rings. The Kier molecular flexibility index (Phi) is 8.35. The highest BCUT2D eigenvalue weighted by molar-refractivity contribution is 5.80. The lowest BCUT2D eigenvalue weighted by atomic mass is 10.1. The molecule has 6 nitrogen and oxygen atoms in total. The van der Waals surface area contributed by atoms with Crippen molar-refractivity contribution < 1.29 is 4.79 Å². The molecule has 0 spiro atoms. The molecule has 29 heavy (non-hydrogen) atoms. The van der Waals surface area contributed by atoms with Gasteiger partial charge in [0.2, 0.25) is 5.91 Å². The molecule has 0 aromatic heterocycles. The molecule has 0 radical (unpaired) electrons. The molecule has 1 aromatic carbocycles. The summed E-state index contributed by atoms with van der Waals surface area (Å²) in [4.78, 5) is 23.3. The van der Waals surface area contributed by atoms with Crippen LogP contribution in [0.2, 0.25) is 0 Å². The molecular weight excluding hydrogens is 362 g/mol. The minimum absolute atomic E-state index is 0.161. The van der Waals surface area contributed by atoms with Gasteiger partial charge in [-0.1, -0.05) is 37.1 Å². The van der Waals surface area contributed by atoms with E-state index in [0.717, 1.165) is 45.2 Å². The fraction of sp³-hybridized carbons (Fsp3) is 0.652. The smallest absolute Gasteiger partial charge is 0.219 e. The second kappa shape index (κ2) is 11.2. The number of benzene rings is 1. The Morgan fingerprint density at radius 3 is 2.17 bits per heavy atom. The molecule has 2 aliphatic heterocycles. The molecule has 2 heterocycles. The summed E-state index contributed by atoms with van der Waals surface area (Å²) in [5.41, 5.74) is 2.71. The Labute approximate surface area is 176 Å². The van der Waals surface area contributed by atoms with Crippen molar-refractivity contribution in [2.45, 2.75) is 52.6 Å². The zero-order valence-corrected chi connectivity index (χ0v) is 18.2. The lowest BCUT2D eigenvalue weighted by Crippen LogP contribution is -2.53. The molecule has 0 aliphatic carbocycles. The van der Waals surface area contributed by atoms with Gasteiger partial charge in [-0.25, -0.2) is 4.99 Å². The van der Waals surface area contributed by atoms with Gasteiger partial charge in [-0.15, -0.1) is 0 Å². The van der Waals surface area contributed by atoms with Crippen LogP contribution in [0.4, 0.5) is 0 Å². The number of piperazine rings is 1. The highest BCUT2D eigenvalue weighted by Crippen LogP contribution is 2.17. The second-order valence-electron chi connectivity index (χ2n) is 8.12. The summed E-state index contributed by atoms with van der Waals surface area (Å²) in [5, 5.41) is 3.44. The highest BCUT2D eigenvalue weighted by Gasteiger charge is 2.21. The van der Waals surface area contributed by atoms with Gasteiger partial charge in [0, 0.05) is 46.2 Å². The summed E-state index contributed by atoms with van der Waals surface area (Å²) in [7, 11) is 0. The number of aliphatic imine (C=N–C) groups is 1. The first-order chi connectivity index (χ1) is 14.2. The maximum Gasteiger partial charge on any atom is 0.219 e. The van der Waals surface area contributed by atoms with Crippen molar-refractivity contribution in [1.82, 2.24) is 20.0 Å². The SMILES string of the molecule is CCNC(=NCc1ccccc1CN1CCCCCC1)N1CCN(C(C)=O)CC1. The fourth-order valence-corrected chi connectivity index (χ4v) is 4.22. The third-order valence-corrected chi connectivity index (χ3v) is 5.97. The summed E-state index contributed by atoms with van der Waals surface area (Å²) < 4.78 is 0. The molecule has 1 N–H and O–H groups in total. The Morgan fingerprint density at radius 2 is 1.55 bits per heavy atom. The van der Waals surface area contributed by atoms with Crippen LogP contribution in [0.1, 0.15) is 50.7 Å². The van der Waals surface area contributed by atoms with Crippen LogP contribution < -0.4 is 5.32 Å². The van der Waals surface area contributed by atoms with Crippen molar-refractivity contribution >= 4 is 11.9 Å². The first-order valence-electron chi connectivity index (χ1n) is 11.2. The highest BCUT2D eigenvalue weighted by atomic mass is 16.2. The molecule has 3 rings (SSSR count). The molecule has 0 unspecified atom stereocenters. The summed E-state index contributed by atoms with van der Waals surface area (Å²) in [6.07, 6.45) is 5.37. The predicted molar refractivity (Wildman–Crippen MR) is 119 cm³/mol. The van der Waals surface area contributed by atoms with E-state index in [1.807, 2.05) is 4.90 Å². The third-order valence-electron chi connectivity index (χ3n) is 5.97. The van der Waals surface area contributed by atoms with Crippen molar-refractivity contribution in [1.29, 1.82) is 0 Å². The fourth-order valence-electron chi connectivity index (χ4n) is 4.22. The molecule has 0 saturated carbocycles. The largest absolute Gasteiger partial charge is 0.357 e. The van der Waals surface area contributed by atoms with Gasteiger partial charge in [-0.05, 0) is 44.0 Å². The lowest BCUT2D eigenvalue weighted by Gasteiger charge is -2.36. The molecule has 0 bridgehead atoms. The third kappa shape index (κ3) is 6.46. The number of nitrogens with one attached hydrogen (secondary N) is 1. The van der Waals surface area contributed by atoms with Gasteiger partial charge in [0.15, 0.2) is 5.96 Å². The van der Waals surface area contributed by atoms with Gasteiger partial charge >= 0.3 is 0 Å². The molecule has 6 heteroatoms. The van der Waals surface area contributed by atoms with Crippen molar-refractivity contribution in [2.75, 3.05) is 45.8 Å². The number of rotatable bonds is 5.